The Morgan fingerprint density at radius 1 is 0.953 bits per heavy atom. The maximum Gasteiger partial charge on any atom is 0.558 e. The lowest BCUT2D eigenvalue weighted by molar-refractivity contribution is -0.738. The van der Waals surface area contributed by atoms with Gasteiger partial charge >= 0.3 is 12.1 Å². The highest BCUT2D eigenvalue weighted by Crippen LogP contribution is 2.36. The van der Waals surface area contributed by atoms with Crippen molar-refractivity contribution in [3.8, 4) is 0 Å². The molecule has 0 aromatic heterocycles. The van der Waals surface area contributed by atoms with Crippen LogP contribution in [0.5, 0.6) is 0 Å². The smallest absolute Gasteiger partial charge is 0.415 e. The van der Waals surface area contributed by atoms with Crippen molar-refractivity contribution in [3.63, 3.8) is 0 Å². The number of ether oxygens (including phenoxy) is 1. The number of hydrogen-bond donors (Lipinski definition) is 3. The predicted octanol–water partition coefficient (Wildman–Crippen LogP) is 4.07. The molecule has 3 aliphatic rings. The third-order valence-electron chi connectivity index (χ3n) is 8.22. The summed E-state index contributed by atoms with van der Waals surface area (Å²) in [5, 5.41) is 13.8. The van der Waals surface area contributed by atoms with Gasteiger partial charge in [0.2, 0.25) is 5.84 Å². The van der Waals surface area contributed by atoms with Crippen molar-refractivity contribution in [2.24, 2.45) is 5.10 Å². The largest absolute Gasteiger partial charge is 0.558 e. The Morgan fingerprint density at radius 2 is 1.60 bits per heavy atom. The van der Waals surface area contributed by atoms with Crippen LogP contribution in [0.2, 0.25) is 0 Å². The van der Waals surface area contributed by atoms with Gasteiger partial charge in [0.25, 0.3) is 5.91 Å². The third kappa shape index (κ3) is 5.93. The number of carbonyl (C=O) groups excluding carboxylic acids is 3. The quantitative estimate of drug-likeness (QED) is 0.436. The Hall–Kier alpha value is -4.06. The SMILES string of the molecule is CCc1cccc(CC)c1NC(=O)[N+]1(C(=O)OC(C)C)N=C(NC(=O)c2ccc(N3CCN(C)CC3)cc2)C2=C1CNC2. The number of nitrogens with zero attached hydrogens (tertiary/aromatic N) is 4. The summed E-state index contributed by atoms with van der Waals surface area (Å²) in [5.41, 5.74) is 5.16. The van der Waals surface area contributed by atoms with Crippen LogP contribution in [0.15, 0.2) is 58.8 Å². The number of piperazine rings is 1. The van der Waals surface area contributed by atoms with E-state index in [4.69, 9.17) is 4.74 Å². The maximum absolute atomic E-state index is 14.2. The standard InChI is InChI=1S/C32H41N7O4/c1-6-22-9-8-10-23(7-2)28(22)34-31(41)39(32(42)43-21(3)4)27-20-33-19-26(27)29(36-39)35-30(40)24-11-13-25(14-12-24)38-17-15-37(5)16-18-38/h8-14,21,33H,6-7,15-20H2,1-5H3,(H-,34,35,36,40,41)/p+1. The number of likely N-dealkylation sites (N-methyl/N-ethyl adjacent to an activating group) is 1. The molecule has 228 valence electrons. The molecule has 0 bridgehead atoms. The molecular formula is C32H42N7O4+. The Morgan fingerprint density at radius 3 is 2.21 bits per heavy atom. The van der Waals surface area contributed by atoms with E-state index in [1.54, 1.807) is 26.0 Å². The lowest BCUT2D eigenvalue weighted by Crippen LogP contribution is -2.55. The van der Waals surface area contributed by atoms with Gasteiger partial charge < -0.3 is 25.2 Å². The highest BCUT2D eigenvalue weighted by molar-refractivity contribution is 6.14. The Kier molecular flexibility index (Phi) is 8.95. The number of nitrogens with one attached hydrogen (secondary N) is 3. The van der Waals surface area contributed by atoms with Crippen molar-refractivity contribution < 1.29 is 23.7 Å². The van der Waals surface area contributed by atoms with E-state index >= 15 is 0 Å². The Labute approximate surface area is 253 Å². The Balaban J connectivity index is 1.45. The van der Waals surface area contributed by atoms with Crippen LogP contribution in [0.25, 0.3) is 0 Å². The lowest BCUT2D eigenvalue weighted by Gasteiger charge is -2.34. The van der Waals surface area contributed by atoms with Crippen molar-refractivity contribution in [1.82, 2.24) is 15.5 Å². The third-order valence-corrected chi connectivity index (χ3v) is 8.22. The van der Waals surface area contributed by atoms with E-state index in [2.05, 4.69) is 37.9 Å². The van der Waals surface area contributed by atoms with Crippen LogP contribution in [0.4, 0.5) is 21.0 Å². The molecule has 2 aromatic carbocycles. The van der Waals surface area contributed by atoms with Crippen molar-refractivity contribution in [1.29, 1.82) is 0 Å². The van der Waals surface area contributed by atoms with Crippen molar-refractivity contribution in [3.05, 3.63) is 70.4 Å². The van der Waals surface area contributed by atoms with Gasteiger partial charge in [-0.2, -0.15) is 4.79 Å². The Bertz CT molecular complexity index is 1440. The zero-order valence-electron chi connectivity index (χ0n) is 25.7. The van der Waals surface area contributed by atoms with E-state index in [0.717, 1.165) is 43.0 Å². The number of urea groups is 1. The summed E-state index contributed by atoms with van der Waals surface area (Å²) in [6.45, 7) is 11.9. The molecule has 0 saturated carbocycles. The normalized spacial score (nSPS) is 20.2. The molecule has 0 aliphatic carbocycles. The number of quaternary nitrogens is 1. The summed E-state index contributed by atoms with van der Waals surface area (Å²) < 4.78 is 4.57. The number of anilines is 2. The first-order chi connectivity index (χ1) is 20.7. The second kappa shape index (κ2) is 12.7. The monoisotopic (exact) mass is 588 g/mol. The molecule has 11 nitrogen and oxygen atoms in total. The number of amides is 4. The van der Waals surface area contributed by atoms with Crippen LogP contribution in [-0.4, -0.2) is 85.8 Å². The van der Waals surface area contributed by atoms with Crippen LogP contribution in [0.3, 0.4) is 0 Å². The molecule has 4 amide bonds. The van der Waals surface area contributed by atoms with E-state index in [0.29, 0.717) is 41.9 Å². The highest BCUT2D eigenvalue weighted by atomic mass is 16.6. The van der Waals surface area contributed by atoms with Crippen LogP contribution >= 0.6 is 0 Å². The second-order valence-electron chi connectivity index (χ2n) is 11.4. The fraction of sp³-hybridized carbons (Fsp3) is 0.438. The number of aryl methyl sites for hydroxylation is 2. The second-order valence-corrected chi connectivity index (χ2v) is 11.4. The van der Waals surface area contributed by atoms with Gasteiger partial charge in [0.1, 0.15) is 6.10 Å². The summed E-state index contributed by atoms with van der Waals surface area (Å²) in [5.74, 6) is -0.187. The number of amidine groups is 1. The van der Waals surface area contributed by atoms with E-state index in [9.17, 15) is 14.4 Å². The molecule has 1 fully saturated rings. The summed E-state index contributed by atoms with van der Waals surface area (Å²) in [6, 6.07) is 12.7. The average Bonchev–Trinajstić information content (AvgIpc) is 3.60. The number of hydrogen-bond acceptors (Lipinski definition) is 8. The molecule has 3 N–H and O–H groups in total. The van der Waals surface area contributed by atoms with Crippen molar-refractivity contribution >= 4 is 35.2 Å². The zero-order valence-corrected chi connectivity index (χ0v) is 25.7. The van der Waals surface area contributed by atoms with Crippen LogP contribution in [0.1, 0.15) is 49.2 Å². The molecule has 2 aromatic rings. The maximum atomic E-state index is 14.2. The predicted molar refractivity (Wildman–Crippen MR) is 167 cm³/mol. The number of benzene rings is 2. The molecule has 11 heteroatoms. The van der Waals surface area contributed by atoms with E-state index in [-0.39, 0.29) is 18.3 Å². The summed E-state index contributed by atoms with van der Waals surface area (Å²) in [7, 11) is 2.11. The number of rotatable bonds is 6. The molecule has 1 atom stereocenters. The summed E-state index contributed by atoms with van der Waals surface area (Å²) >= 11 is 0. The fourth-order valence-electron chi connectivity index (χ4n) is 5.75. The molecule has 43 heavy (non-hydrogen) atoms. The van der Waals surface area contributed by atoms with Gasteiger partial charge in [-0.1, -0.05) is 32.0 Å². The lowest BCUT2D eigenvalue weighted by atomic mass is 10.0. The number of para-hydroxylation sites is 1. The first-order valence-electron chi connectivity index (χ1n) is 15.1. The molecule has 1 unspecified atom stereocenters. The first-order valence-corrected chi connectivity index (χ1v) is 15.1. The van der Waals surface area contributed by atoms with Gasteiger partial charge in [-0.3, -0.25) is 10.1 Å². The summed E-state index contributed by atoms with van der Waals surface area (Å²) in [4.78, 5) is 46.0. The summed E-state index contributed by atoms with van der Waals surface area (Å²) in [6.07, 6.45) is 0.105. The molecule has 0 radical (unpaired) electrons. The topological polar surface area (TPSA) is 115 Å². The highest BCUT2D eigenvalue weighted by Gasteiger charge is 2.60. The number of carbonyl (C=O) groups is 3. The van der Waals surface area contributed by atoms with Gasteiger partial charge in [0.15, 0.2) is 5.70 Å². The zero-order chi connectivity index (χ0) is 30.7. The molecule has 3 aliphatic heterocycles. The van der Waals surface area contributed by atoms with Crippen LogP contribution in [-0.2, 0) is 17.6 Å². The molecule has 3 heterocycles. The average molecular weight is 589 g/mol. The van der Waals surface area contributed by atoms with Crippen molar-refractivity contribution in [2.75, 3.05) is 56.5 Å². The van der Waals surface area contributed by atoms with Gasteiger partial charge in [0, 0.05) is 48.6 Å². The van der Waals surface area contributed by atoms with Crippen LogP contribution < -0.4 is 20.9 Å². The van der Waals surface area contributed by atoms with Gasteiger partial charge in [-0.25, -0.2) is 4.79 Å². The minimum Gasteiger partial charge on any atom is -0.415 e. The van der Waals surface area contributed by atoms with E-state index < -0.39 is 22.8 Å². The van der Waals surface area contributed by atoms with Gasteiger partial charge in [-0.15, -0.1) is 0 Å². The minimum atomic E-state index is -1.04. The molecule has 0 spiro atoms. The van der Waals surface area contributed by atoms with Crippen LogP contribution in [0, 0.1) is 0 Å². The molecular weight excluding hydrogens is 546 g/mol. The van der Waals surface area contributed by atoms with Crippen molar-refractivity contribution in [2.45, 2.75) is 46.6 Å². The minimum absolute atomic E-state index is 0.184. The first kappa shape index (κ1) is 30.4. The fourth-order valence-corrected chi connectivity index (χ4v) is 5.75. The van der Waals surface area contributed by atoms with E-state index in [1.807, 2.05) is 44.2 Å². The van der Waals surface area contributed by atoms with Gasteiger partial charge in [-0.05, 0) is 74.2 Å². The number of imide groups is 1. The van der Waals surface area contributed by atoms with Gasteiger partial charge in [0.05, 0.1) is 17.8 Å². The molecule has 5 rings (SSSR count). The molecule has 1 saturated heterocycles. The van der Waals surface area contributed by atoms with E-state index in [1.165, 1.54) is 0 Å².